The van der Waals surface area contributed by atoms with Gasteiger partial charge in [0.1, 0.15) is 30.0 Å². The van der Waals surface area contributed by atoms with E-state index in [1.807, 2.05) is 20.8 Å². The van der Waals surface area contributed by atoms with Gasteiger partial charge in [-0.25, -0.2) is 0 Å². The molecule has 0 radical (unpaired) electrons. The number of rotatable bonds is 4. The minimum Gasteiger partial charge on any atom is -0.510 e. The molecule has 11 heteroatoms. The highest BCUT2D eigenvalue weighted by atomic mass is 16.6. The smallest absolute Gasteiger partial charge is 0.255 e. The number of phenolic OH excluding ortho intramolecular Hbond substituents is 1. The largest absolute Gasteiger partial charge is 0.510 e. The zero-order valence-electron chi connectivity index (χ0n) is 23.1. The van der Waals surface area contributed by atoms with E-state index in [1.165, 1.54) is 12.0 Å². The first kappa shape index (κ1) is 28.3. The van der Waals surface area contributed by atoms with Crippen LogP contribution >= 0.6 is 0 Å². The van der Waals surface area contributed by atoms with Crippen LogP contribution in [0.25, 0.3) is 0 Å². The molecule has 0 aromatic heterocycles. The number of hydrogen-bond acceptors (Lipinski definition) is 10. The fourth-order valence-electron chi connectivity index (χ4n) is 6.40. The second-order valence-electron chi connectivity index (χ2n) is 11.7. The summed E-state index contributed by atoms with van der Waals surface area (Å²) in [6, 6.07) is 0.719. The lowest BCUT2D eigenvalue weighted by Crippen LogP contribution is -2.63. The molecule has 0 heterocycles. The number of nitrogens with two attached hydrogens (primary N) is 1. The van der Waals surface area contributed by atoms with Gasteiger partial charge >= 0.3 is 0 Å². The van der Waals surface area contributed by atoms with E-state index >= 15 is 0 Å². The minimum atomic E-state index is -2.68. The number of carbonyl (C=O) groups excluding carboxylic acids is 3. The third kappa shape index (κ3) is 3.94. The van der Waals surface area contributed by atoms with Crippen LogP contribution in [-0.4, -0.2) is 81.4 Å². The second kappa shape index (κ2) is 9.20. The predicted octanol–water partition coefficient (Wildman–Crippen LogP) is 1.79. The molecule has 0 saturated carbocycles. The lowest BCUT2D eigenvalue weighted by molar-refractivity contribution is -0.148. The number of oxime groups is 1. The number of benzene rings is 1. The Balaban J connectivity index is 2.03. The quantitative estimate of drug-likeness (QED) is 0.215. The summed E-state index contributed by atoms with van der Waals surface area (Å²) in [7, 11) is 4.57. The van der Waals surface area contributed by atoms with Gasteiger partial charge < -0.3 is 31.0 Å². The van der Waals surface area contributed by atoms with E-state index in [9.17, 15) is 34.8 Å². The first-order valence-corrected chi connectivity index (χ1v) is 12.6. The summed E-state index contributed by atoms with van der Waals surface area (Å²) >= 11 is 0. The van der Waals surface area contributed by atoms with Gasteiger partial charge in [-0.2, -0.15) is 0 Å². The highest BCUT2D eigenvalue weighted by molar-refractivity contribution is 6.25. The molecular formula is C28H35N3O8. The summed E-state index contributed by atoms with van der Waals surface area (Å²) in [6.07, 6.45) is 0.173. The Morgan fingerprint density at radius 2 is 1.82 bits per heavy atom. The molecule has 1 aromatic rings. The van der Waals surface area contributed by atoms with Gasteiger partial charge in [0.05, 0.1) is 17.3 Å². The number of aromatic hydroxyl groups is 1. The molecule has 210 valence electrons. The molecule has 3 aliphatic rings. The molecule has 1 aromatic carbocycles. The number of carbonyl (C=O) groups is 3. The molecule has 0 saturated heterocycles. The third-order valence-electron chi connectivity index (χ3n) is 8.15. The van der Waals surface area contributed by atoms with E-state index in [1.54, 1.807) is 27.1 Å². The van der Waals surface area contributed by atoms with Crippen LogP contribution in [0.4, 0.5) is 0 Å². The van der Waals surface area contributed by atoms with Crippen LogP contribution < -0.4 is 5.73 Å². The van der Waals surface area contributed by atoms with E-state index in [2.05, 4.69) is 5.16 Å². The summed E-state index contributed by atoms with van der Waals surface area (Å²) in [5.74, 6) is -6.81. The van der Waals surface area contributed by atoms with Crippen LogP contribution in [0, 0.1) is 11.8 Å². The van der Waals surface area contributed by atoms with Crippen molar-refractivity contribution in [3.63, 3.8) is 0 Å². The number of allylic oxidation sites excluding steroid dienone is 1. The lowest BCUT2D eigenvalue weighted by atomic mass is 9.58. The zero-order valence-corrected chi connectivity index (χ0v) is 23.1. The van der Waals surface area contributed by atoms with Crippen molar-refractivity contribution in [1.82, 2.24) is 4.90 Å². The first-order valence-electron chi connectivity index (χ1n) is 12.6. The number of nitrogens with zero attached hydrogens (tertiary/aromatic N) is 2. The number of ketones is 2. The highest BCUT2D eigenvalue weighted by Gasteiger charge is 2.63. The van der Waals surface area contributed by atoms with Gasteiger partial charge in [0.25, 0.3) is 5.91 Å². The van der Waals surface area contributed by atoms with Crippen molar-refractivity contribution in [2.75, 3.05) is 21.2 Å². The van der Waals surface area contributed by atoms with Crippen molar-refractivity contribution >= 4 is 23.2 Å². The Morgan fingerprint density at radius 3 is 2.33 bits per heavy atom. The molecule has 3 aliphatic carbocycles. The van der Waals surface area contributed by atoms with Crippen LogP contribution in [0.15, 0.2) is 33.9 Å². The van der Waals surface area contributed by atoms with E-state index in [0.717, 1.165) is 0 Å². The van der Waals surface area contributed by atoms with Crippen molar-refractivity contribution in [2.45, 2.75) is 57.6 Å². The Labute approximate surface area is 226 Å². The molecule has 6 N–H and O–H groups in total. The fraction of sp³-hybridized carbons (Fsp3) is 0.500. The molecule has 1 amide bonds. The van der Waals surface area contributed by atoms with Crippen molar-refractivity contribution in [1.29, 1.82) is 0 Å². The number of aliphatic hydroxyl groups excluding tert-OH is 2. The van der Waals surface area contributed by atoms with Gasteiger partial charge in [-0.05, 0) is 56.8 Å². The molecule has 4 rings (SSSR count). The Kier molecular flexibility index (Phi) is 6.68. The summed E-state index contributed by atoms with van der Waals surface area (Å²) in [5, 5.41) is 49.5. The number of likely N-dealkylation sites (N-methyl/N-ethyl adjacent to an activating group) is 1. The van der Waals surface area contributed by atoms with Crippen LogP contribution in [0.5, 0.6) is 5.75 Å². The van der Waals surface area contributed by atoms with Crippen molar-refractivity contribution in [3.05, 3.63) is 51.0 Å². The number of fused-ring (bicyclic) bond motifs is 3. The molecule has 0 unspecified atom stereocenters. The zero-order chi connectivity index (χ0) is 29.4. The van der Waals surface area contributed by atoms with E-state index < -0.39 is 63.5 Å². The van der Waals surface area contributed by atoms with Crippen molar-refractivity contribution in [2.24, 2.45) is 22.7 Å². The topological polar surface area (TPSA) is 183 Å². The Hall–Kier alpha value is -3.70. The summed E-state index contributed by atoms with van der Waals surface area (Å²) in [6.45, 7) is 7.32. The normalized spacial score (nSPS) is 27.4. The average molecular weight is 542 g/mol. The molecular weight excluding hydrogens is 506 g/mol. The number of primary amides is 1. The van der Waals surface area contributed by atoms with Gasteiger partial charge in [0.2, 0.25) is 5.78 Å². The number of hydrogen-bond donors (Lipinski definition) is 5. The minimum absolute atomic E-state index is 0.00740. The standard InChI is InChI=1S/C28H35N3O8/c1-11(30-39-7)13-10-16(27(2,3)4)21(32)18-14(13)8-12-9-15-20(31(5)6)23(34)19(26(29)37)25(36)28(15,38)24(35)17(12)22(18)33/h10,12,15,20,32,34-35,38H,8-9H2,1-7H3,(H2,29,37)/b30-11+/t12-,15-,20-,28-/m0/s1. The highest BCUT2D eigenvalue weighted by Crippen LogP contribution is 2.53. The molecule has 4 atom stereocenters. The van der Waals surface area contributed by atoms with Gasteiger partial charge in [-0.1, -0.05) is 25.9 Å². The van der Waals surface area contributed by atoms with E-state index in [-0.39, 0.29) is 29.7 Å². The SMILES string of the molecule is CO/N=C(\C)c1cc(C(C)(C)C)c(O)c2c1C[C@H]1C[C@H]3[C@H](N(C)C)C(O)=C(C(N)=O)C(=O)[C@@]3(O)C(O)=C1C2=O. The van der Waals surface area contributed by atoms with Crippen LogP contribution in [0.3, 0.4) is 0 Å². The maximum atomic E-state index is 14.1. The molecule has 39 heavy (non-hydrogen) atoms. The monoisotopic (exact) mass is 541 g/mol. The van der Waals surface area contributed by atoms with Crippen LogP contribution in [0.2, 0.25) is 0 Å². The maximum absolute atomic E-state index is 14.1. The van der Waals surface area contributed by atoms with Gasteiger partial charge in [-0.15, -0.1) is 0 Å². The van der Waals surface area contributed by atoms with E-state index in [0.29, 0.717) is 22.4 Å². The number of phenols is 1. The average Bonchev–Trinajstić information content (AvgIpc) is 2.80. The third-order valence-corrected chi connectivity index (χ3v) is 8.15. The predicted molar refractivity (Wildman–Crippen MR) is 142 cm³/mol. The first-order chi connectivity index (χ1) is 18.0. The van der Waals surface area contributed by atoms with Crippen molar-refractivity contribution < 1.29 is 39.6 Å². The summed E-state index contributed by atoms with van der Waals surface area (Å²) < 4.78 is 0. The maximum Gasteiger partial charge on any atom is 0.255 e. The summed E-state index contributed by atoms with van der Waals surface area (Å²) in [4.78, 5) is 46.1. The van der Waals surface area contributed by atoms with Gasteiger partial charge in [-0.3, -0.25) is 19.3 Å². The van der Waals surface area contributed by atoms with Crippen LogP contribution in [-0.2, 0) is 26.3 Å². The molecule has 0 aliphatic heterocycles. The number of amides is 1. The van der Waals surface area contributed by atoms with Gasteiger partial charge in [0, 0.05) is 22.6 Å². The molecule has 0 fully saturated rings. The number of aliphatic hydroxyl groups is 3. The molecule has 11 nitrogen and oxygen atoms in total. The van der Waals surface area contributed by atoms with Crippen LogP contribution in [0.1, 0.15) is 61.2 Å². The van der Waals surface area contributed by atoms with Gasteiger partial charge in [0.15, 0.2) is 11.4 Å². The lowest BCUT2D eigenvalue weighted by Gasteiger charge is -2.50. The Morgan fingerprint density at radius 1 is 1.21 bits per heavy atom. The Bertz CT molecular complexity index is 1400. The van der Waals surface area contributed by atoms with Crippen molar-refractivity contribution in [3.8, 4) is 5.75 Å². The molecule has 0 bridgehead atoms. The molecule has 0 spiro atoms. The fourth-order valence-corrected chi connectivity index (χ4v) is 6.40. The number of Topliss-reactive ketones (excluding diaryl/α,β-unsaturated/α-hetero) is 2. The summed E-state index contributed by atoms with van der Waals surface area (Å²) in [5.41, 5.74) is 3.04. The second-order valence-corrected chi connectivity index (χ2v) is 11.7. The van der Waals surface area contributed by atoms with E-state index in [4.69, 9.17) is 10.6 Å².